The third kappa shape index (κ3) is 3.67. The maximum Gasteiger partial charge on any atom is 0.227 e. The molecule has 0 aromatic heterocycles. The number of ether oxygens (including phenoxy) is 1. The average Bonchev–Trinajstić information content (AvgIpc) is 2.56. The number of carbonyl (C=O) groups excluding carboxylic acids is 1. The Balaban J connectivity index is 1.65. The summed E-state index contributed by atoms with van der Waals surface area (Å²) in [5.41, 5.74) is 2.10. The Morgan fingerprint density at radius 2 is 1.86 bits per heavy atom. The highest BCUT2D eigenvalue weighted by molar-refractivity contribution is 6.30. The van der Waals surface area contributed by atoms with Crippen molar-refractivity contribution < 1.29 is 9.53 Å². The van der Waals surface area contributed by atoms with Crippen molar-refractivity contribution >= 4 is 17.5 Å². The smallest absolute Gasteiger partial charge is 0.227 e. The lowest BCUT2D eigenvalue weighted by Crippen LogP contribution is -2.42. The van der Waals surface area contributed by atoms with Gasteiger partial charge in [0, 0.05) is 11.6 Å². The second-order valence-corrected chi connectivity index (χ2v) is 5.85. The monoisotopic (exact) mass is 315 g/mol. The highest BCUT2D eigenvalue weighted by Crippen LogP contribution is 2.24. The number of hydrogen-bond acceptors (Lipinski definition) is 2. The van der Waals surface area contributed by atoms with Crippen molar-refractivity contribution in [3.8, 4) is 0 Å². The van der Waals surface area contributed by atoms with Gasteiger partial charge in [-0.05, 0) is 23.3 Å². The van der Waals surface area contributed by atoms with E-state index >= 15 is 0 Å². The van der Waals surface area contributed by atoms with E-state index in [2.05, 4.69) is 0 Å². The van der Waals surface area contributed by atoms with E-state index < -0.39 is 0 Å². The molecule has 3 nitrogen and oxygen atoms in total. The second-order valence-electron chi connectivity index (χ2n) is 5.41. The molecule has 1 aliphatic rings. The fraction of sp³-hybridized carbons (Fsp3) is 0.278. The van der Waals surface area contributed by atoms with E-state index in [4.69, 9.17) is 16.3 Å². The number of hydrogen-bond donors (Lipinski definition) is 0. The van der Waals surface area contributed by atoms with Gasteiger partial charge < -0.3 is 9.64 Å². The van der Waals surface area contributed by atoms with Crippen LogP contribution in [0.25, 0.3) is 0 Å². The van der Waals surface area contributed by atoms with Crippen molar-refractivity contribution in [2.45, 2.75) is 12.5 Å². The summed E-state index contributed by atoms with van der Waals surface area (Å²) in [4.78, 5) is 14.3. The largest absolute Gasteiger partial charge is 0.370 e. The number of carbonyl (C=O) groups is 1. The number of amides is 1. The molecular formula is C18H18ClNO2. The summed E-state index contributed by atoms with van der Waals surface area (Å²) in [5, 5.41) is 0.705. The number of nitrogens with zero attached hydrogens (tertiary/aromatic N) is 1. The van der Waals surface area contributed by atoms with Gasteiger partial charge in [-0.15, -0.1) is 0 Å². The number of rotatable bonds is 3. The predicted octanol–water partition coefficient (Wildman–Crippen LogP) is 3.48. The van der Waals surface area contributed by atoms with E-state index in [1.165, 1.54) is 0 Å². The SMILES string of the molecule is O=C(Cc1ccccc1)N1CCOC(c2ccc(Cl)cc2)C1. The van der Waals surface area contributed by atoms with Crippen LogP contribution in [0.5, 0.6) is 0 Å². The fourth-order valence-corrected chi connectivity index (χ4v) is 2.76. The Bertz CT molecular complexity index is 627. The van der Waals surface area contributed by atoms with Crippen molar-refractivity contribution in [3.05, 3.63) is 70.7 Å². The summed E-state index contributed by atoms with van der Waals surface area (Å²) in [6.07, 6.45) is 0.361. The molecule has 0 saturated carbocycles. The standard InChI is InChI=1S/C18H18ClNO2/c19-16-8-6-15(7-9-16)17-13-20(10-11-22-17)18(21)12-14-4-2-1-3-5-14/h1-9,17H,10-13H2. The molecule has 0 bridgehead atoms. The molecule has 1 heterocycles. The van der Waals surface area contributed by atoms with Gasteiger partial charge in [0.2, 0.25) is 5.91 Å². The molecule has 0 spiro atoms. The Labute approximate surface area is 135 Å². The van der Waals surface area contributed by atoms with Crippen LogP contribution in [-0.2, 0) is 16.0 Å². The first-order valence-corrected chi connectivity index (χ1v) is 7.79. The quantitative estimate of drug-likeness (QED) is 0.868. The maximum atomic E-state index is 12.4. The van der Waals surface area contributed by atoms with E-state index in [1.54, 1.807) is 0 Å². The van der Waals surface area contributed by atoms with Crippen LogP contribution in [0.1, 0.15) is 17.2 Å². The van der Waals surface area contributed by atoms with Crippen LogP contribution in [0, 0.1) is 0 Å². The van der Waals surface area contributed by atoms with E-state index in [0.717, 1.165) is 11.1 Å². The van der Waals surface area contributed by atoms with Crippen LogP contribution in [0.4, 0.5) is 0 Å². The van der Waals surface area contributed by atoms with Crippen LogP contribution in [0.2, 0.25) is 5.02 Å². The van der Waals surface area contributed by atoms with Crippen molar-refractivity contribution in [3.63, 3.8) is 0 Å². The fourth-order valence-electron chi connectivity index (χ4n) is 2.64. The molecule has 1 amide bonds. The van der Waals surface area contributed by atoms with E-state index in [9.17, 15) is 4.79 Å². The average molecular weight is 316 g/mol. The van der Waals surface area contributed by atoms with Crippen molar-refractivity contribution in [2.24, 2.45) is 0 Å². The molecule has 1 aliphatic heterocycles. The topological polar surface area (TPSA) is 29.5 Å². The molecule has 1 saturated heterocycles. The molecule has 0 N–H and O–H groups in total. The van der Waals surface area contributed by atoms with Gasteiger partial charge in [-0.3, -0.25) is 4.79 Å². The zero-order chi connectivity index (χ0) is 15.4. The van der Waals surface area contributed by atoms with Crippen molar-refractivity contribution in [2.75, 3.05) is 19.7 Å². The van der Waals surface area contributed by atoms with E-state index in [-0.39, 0.29) is 12.0 Å². The van der Waals surface area contributed by atoms with Crippen LogP contribution in [0.3, 0.4) is 0 Å². The third-order valence-electron chi connectivity index (χ3n) is 3.86. The third-order valence-corrected chi connectivity index (χ3v) is 4.11. The Morgan fingerprint density at radius 1 is 1.14 bits per heavy atom. The summed E-state index contributed by atoms with van der Waals surface area (Å²) in [7, 11) is 0. The molecule has 0 radical (unpaired) electrons. The predicted molar refractivity (Wildman–Crippen MR) is 86.9 cm³/mol. The van der Waals surface area contributed by atoms with Gasteiger partial charge in [0.25, 0.3) is 0 Å². The molecule has 22 heavy (non-hydrogen) atoms. The normalized spacial score (nSPS) is 18.2. The molecule has 2 aromatic rings. The van der Waals surface area contributed by atoms with Crippen molar-refractivity contribution in [1.82, 2.24) is 4.90 Å². The number of morpholine rings is 1. The minimum absolute atomic E-state index is 0.0780. The molecule has 114 valence electrons. The lowest BCUT2D eigenvalue weighted by atomic mass is 10.1. The van der Waals surface area contributed by atoms with E-state index in [0.29, 0.717) is 31.1 Å². The minimum atomic E-state index is -0.0780. The van der Waals surface area contributed by atoms with Crippen LogP contribution in [-0.4, -0.2) is 30.5 Å². The summed E-state index contributed by atoms with van der Waals surface area (Å²) in [5.74, 6) is 0.147. The van der Waals surface area contributed by atoms with Gasteiger partial charge in [-0.1, -0.05) is 54.1 Å². The minimum Gasteiger partial charge on any atom is -0.370 e. The summed E-state index contributed by atoms with van der Waals surface area (Å²) in [6.45, 7) is 1.80. The summed E-state index contributed by atoms with van der Waals surface area (Å²) < 4.78 is 5.80. The molecule has 1 atom stereocenters. The van der Waals surface area contributed by atoms with Crippen LogP contribution < -0.4 is 0 Å². The maximum absolute atomic E-state index is 12.4. The zero-order valence-electron chi connectivity index (χ0n) is 12.2. The molecule has 2 aromatic carbocycles. The number of benzene rings is 2. The molecule has 4 heteroatoms. The number of halogens is 1. The van der Waals surface area contributed by atoms with Gasteiger partial charge in [-0.25, -0.2) is 0 Å². The summed E-state index contributed by atoms with van der Waals surface area (Å²) >= 11 is 5.91. The first kappa shape index (κ1) is 15.1. The molecule has 1 fully saturated rings. The second kappa shape index (κ2) is 6.95. The molecule has 3 rings (SSSR count). The van der Waals surface area contributed by atoms with Crippen LogP contribution >= 0.6 is 11.6 Å². The van der Waals surface area contributed by atoms with Gasteiger partial charge in [0.15, 0.2) is 0 Å². The Hall–Kier alpha value is -1.84. The van der Waals surface area contributed by atoms with Crippen LogP contribution in [0.15, 0.2) is 54.6 Å². The highest BCUT2D eigenvalue weighted by atomic mass is 35.5. The first-order valence-electron chi connectivity index (χ1n) is 7.41. The van der Waals surface area contributed by atoms with Gasteiger partial charge in [-0.2, -0.15) is 0 Å². The van der Waals surface area contributed by atoms with Gasteiger partial charge in [0.1, 0.15) is 6.10 Å². The molecular weight excluding hydrogens is 298 g/mol. The van der Waals surface area contributed by atoms with Crippen molar-refractivity contribution in [1.29, 1.82) is 0 Å². The Kier molecular flexibility index (Phi) is 4.76. The van der Waals surface area contributed by atoms with E-state index in [1.807, 2.05) is 59.5 Å². The Morgan fingerprint density at radius 3 is 2.59 bits per heavy atom. The lowest BCUT2D eigenvalue weighted by molar-refractivity contribution is -0.138. The molecule has 1 unspecified atom stereocenters. The van der Waals surface area contributed by atoms with Gasteiger partial charge >= 0.3 is 0 Å². The highest BCUT2D eigenvalue weighted by Gasteiger charge is 2.25. The lowest BCUT2D eigenvalue weighted by Gasteiger charge is -2.33. The molecule has 0 aliphatic carbocycles. The zero-order valence-corrected chi connectivity index (χ0v) is 13.0. The van der Waals surface area contributed by atoms with Gasteiger partial charge in [0.05, 0.1) is 19.6 Å². The first-order chi connectivity index (χ1) is 10.7. The summed E-state index contributed by atoms with van der Waals surface area (Å²) in [6, 6.07) is 17.5.